The summed E-state index contributed by atoms with van der Waals surface area (Å²) in [5.74, 6) is 1.33. The molecule has 5 heteroatoms. The summed E-state index contributed by atoms with van der Waals surface area (Å²) in [7, 11) is 1.67. The largest absolute Gasteiger partial charge is 0.380 e. The number of carbonyl (C=O) groups is 1. The molecule has 1 aromatic heterocycles. The van der Waals surface area contributed by atoms with Gasteiger partial charge in [-0.25, -0.2) is 4.98 Å². The number of likely N-dealkylation sites (tertiary alicyclic amines) is 1. The third-order valence-electron chi connectivity index (χ3n) is 5.01. The monoisotopic (exact) mass is 349 g/mol. The SMILES string of the molecule is COCc1ccc(C(=O)N2CCC[C@H](c3nc4ccccc4[nH]3)C2)cc1. The lowest BCUT2D eigenvalue weighted by atomic mass is 9.96. The summed E-state index contributed by atoms with van der Waals surface area (Å²) >= 11 is 0. The summed E-state index contributed by atoms with van der Waals surface area (Å²) < 4.78 is 5.13. The highest BCUT2D eigenvalue weighted by molar-refractivity contribution is 5.94. The van der Waals surface area contributed by atoms with E-state index in [0.29, 0.717) is 13.2 Å². The fraction of sp³-hybridized carbons (Fsp3) is 0.333. The van der Waals surface area contributed by atoms with Crippen LogP contribution in [0.1, 0.15) is 40.5 Å². The van der Waals surface area contributed by atoms with Crippen molar-refractivity contribution in [2.24, 2.45) is 0 Å². The van der Waals surface area contributed by atoms with Gasteiger partial charge in [-0.15, -0.1) is 0 Å². The van der Waals surface area contributed by atoms with E-state index < -0.39 is 0 Å². The van der Waals surface area contributed by atoms with E-state index in [4.69, 9.17) is 9.72 Å². The molecule has 0 bridgehead atoms. The Hall–Kier alpha value is -2.66. The number of amides is 1. The Balaban J connectivity index is 1.49. The van der Waals surface area contributed by atoms with Crippen LogP contribution in [0, 0.1) is 0 Å². The number of imidazole rings is 1. The lowest BCUT2D eigenvalue weighted by Gasteiger charge is -2.32. The minimum absolute atomic E-state index is 0.0924. The zero-order valence-corrected chi connectivity index (χ0v) is 14.9. The van der Waals surface area contributed by atoms with Crippen molar-refractivity contribution in [1.29, 1.82) is 0 Å². The fourth-order valence-electron chi connectivity index (χ4n) is 3.64. The summed E-state index contributed by atoms with van der Waals surface area (Å²) in [6.07, 6.45) is 2.05. The van der Waals surface area contributed by atoms with Crippen LogP contribution < -0.4 is 0 Å². The number of nitrogens with one attached hydrogen (secondary N) is 1. The highest BCUT2D eigenvalue weighted by Crippen LogP contribution is 2.27. The van der Waals surface area contributed by atoms with Gasteiger partial charge in [0.25, 0.3) is 5.91 Å². The van der Waals surface area contributed by atoms with Gasteiger partial charge in [-0.2, -0.15) is 0 Å². The molecule has 0 aliphatic carbocycles. The molecule has 2 heterocycles. The van der Waals surface area contributed by atoms with Crippen LogP contribution in [0.25, 0.3) is 11.0 Å². The average Bonchev–Trinajstić information content (AvgIpc) is 3.13. The molecule has 1 amide bonds. The highest BCUT2D eigenvalue weighted by Gasteiger charge is 2.27. The van der Waals surface area contributed by atoms with E-state index in [0.717, 1.165) is 47.4 Å². The van der Waals surface area contributed by atoms with Crippen LogP contribution >= 0.6 is 0 Å². The van der Waals surface area contributed by atoms with Gasteiger partial charge in [0.2, 0.25) is 0 Å². The number of methoxy groups -OCH3 is 1. The second-order valence-electron chi connectivity index (χ2n) is 6.86. The number of aromatic nitrogens is 2. The number of benzene rings is 2. The molecule has 3 aromatic rings. The third-order valence-corrected chi connectivity index (χ3v) is 5.01. The number of rotatable bonds is 4. The molecule has 1 saturated heterocycles. The summed E-state index contributed by atoms with van der Waals surface area (Å²) in [4.78, 5) is 23.0. The molecule has 1 atom stereocenters. The van der Waals surface area contributed by atoms with Crippen molar-refractivity contribution in [3.05, 3.63) is 65.5 Å². The van der Waals surface area contributed by atoms with Crippen LogP contribution in [0.5, 0.6) is 0 Å². The van der Waals surface area contributed by atoms with E-state index in [2.05, 4.69) is 4.98 Å². The van der Waals surface area contributed by atoms with Gasteiger partial charge in [0.15, 0.2) is 0 Å². The molecule has 0 unspecified atom stereocenters. The lowest BCUT2D eigenvalue weighted by molar-refractivity contribution is 0.0705. The maximum absolute atomic E-state index is 12.9. The molecule has 2 aromatic carbocycles. The third kappa shape index (κ3) is 3.35. The van der Waals surface area contributed by atoms with Gasteiger partial charge in [-0.3, -0.25) is 4.79 Å². The molecule has 26 heavy (non-hydrogen) atoms. The Morgan fingerprint density at radius 1 is 1.23 bits per heavy atom. The van der Waals surface area contributed by atoms with Gasteiger partial charge in [-0.05, 0) is 42.7 Å². The van der Waals surface area contributed by atoms with Crippen molar-refractivity contribution < 1.29 is 9.53 Å². The van der Waals surface area contributed by atoms with E-state index in [1.54, 1.807) is 7.11 Å². The Morgan fingerprint density at radius 3 is 2.81 bits per heavy atom. The Kier molecular flexibility index (Phi) is 4.71. The number of piperidine rings is 1. The number of aromatic amines is 1. The van der Waals surface area contributed by atoms with Crippen molar-refractivity contribution in [3.8, 4) is 0 Å². The number of hydrogen-bond donors (Lipinski definition) is 1. The molecule has 1 aliphatic rings. The Bertz CT molecular complexity index is 868. The number of H-pyrrole nitrogens is 1. The summed E-state index contributed by atoms with van der Waals surface area (Å²) in [6.45, 7) is 2.07. The van der Waals surface area contributed by atoms with Gasteiger partial charge < -0.3 is 14.6 Å². The maximum Gasteiger partial charge on any atom is 0.253 e. The molecule has 0 saturated carbocycles. The average molecular weight is 349 g/mol. The molecule has 1 aliphatic heterocycles. The number of ether oxygens (including phenoxy) is 1. The summed E-state index contributed by atoms with van der Waals surface area (Å²) in [6, 6.07) is 15.8. The number of nitrogens with zero attached hydrogens (tertiary/aromatic N) is 2. The molecular weight excluding hydrogens is 326 g/mol. The number of hydrogen-bond acceptors (Lipinski definition) is 3. The van der Waals surface area contributed by atoms with Crippen molar-refractivity contribution in [3.63, 3.8) is 0 Å². The Labute approximate surface area is 153 Å². The molecule has 5 nitrogen and oxygen atoms in total. The topological polar surface area (TPSA) is 58.2 Å². The van der Waals surface area contributed by atoms with Crippen molar-refractivity contribution >= 4 is 16.9 Å². The molecule has 0 spiro atoms. The summed E-state index contributed by atoms with van der Waals surface area (Å²) in [5, 5.41) is 0. The Morgan fingerprint density at radius 2 is 2.04 bits per heavy atom. The normalized spacial score (nSPS) is 17.6. The minimum Gasteiger partial charge on any atom is -0.380 e. The van der Waals surface area contributed by atoms with Crippen LogP contribution in [0.3, 0.4) is 0 Å². The first-order valence-corrected chi connectivity index (χ1v) is 9.06. The molecule has 134 valence electrons. The molecular formula is C21H23N3O2. The number of para-hydroxylation sites is 2. The van der Waals surface area contributed by atoms with Crippen LogP contribution in [0.4, 0.5) is 0 Å². The van der Waals surface area contributed by atoms with Crippen LogP contribution in [-0.2, 0) is 11.3 Å². The molecule has 0 radical (unpaired) electrons. The zero-order valence-electron chi connectivity index (χ0n) is 14.9. The number of carbonyl (C=O) groups excluding carboxylic acids is 1. The van der Waals surface area contributed by atoms with Gasteiger partial charge >= 0.3 is 0 Å². The van der Waals surface area contributed by atoms with Gasteiger partial charge in [-0.1, -0.05) is 24.3 Å². The van der Waals surface area contributed by atoms with E-state index in [1.165, 1.54) is 0 Å². The number of fused-ring (bicyclic) bond motifs is 1. The lowest BCUT2D eigenvalue weighted by Crippen LogP contribution is -2.39. The van der Waals surface area contributed by atoms with Crippen LogP contribution in [0.2, 0.25) is 0 Å². The smallest absolute Gasteiger partial charge is 0.253 e. The first kappa shape index (κ1) is 16.8. The van der Waals surface area contributed by atoms with Crippen LogP contribution in [0.15, 0.2) is 48.5 Å². The van der Waals surface area contributed by atoms with Crippen molar-refractivity contribution in [1.82, 2.24) is 14.9 Å². The summed E-state index contributed by atoms with van der Waals surface area (Å²) in [5.41, 5.74) is 3.84. The molecule has 1 fully saturated rings. The maximum atomic E-state index is 12.9. The quantitative estimate of drug-likeness (QED) is 0.781. The van der Waals surface area contributed by atoms with Crippen LogP contribution in [-0.4, -0.2) is 41.0 Å². The van der Waals surface area contributed by atoms with Gasteiger partial charge in [0.05, 0.1) is 17.6 Å². The minimum atomic E-state index is 0.0924. The second kappa shape index (κ2) is 7.30. The van der Waals surface area contributed by atoms with E-state index >= 15 is 0 Å². The fourth-order valence-corrected chi connectivity index (χ4v) is 3.64. The van der Waals surface area contributed by atoms with E-state index in [9.17, 15) is 4.79 Å². The molecule has 4 rings (SSSR count). The van der Waals surface area contributed by atoms with Gasteiger partial charge in [0, 0.05) is 31.7 Å². The van der Waals surface area contributed by atoms with E-state index in [1.807, 2.05) is 53.4 Å². The standard InChI is InChI=1S/C21H23N3O2/c1-26-14-15-8-10-16(11-9-15)21(25)24-12-4-5-17(13-24)20-22-18-6-2-3-7-19(18)23-20/h2-3,6-11,17H,4-5,12-14H2,1H3,(H,22,23)/t17-/m0/s1. The van der Waals surface area contributed by atoms with Crippen molar-refractivity contribution in [2.75, 3.05) is 20.2 Å². The van der Waals surface area contributed by atoms with Crippen molar-refractivity contribution in [2.45, 2.75) is 25.4 Å². The molecule has 1 N–H and O–H groups in total. The second-order valence-corrected chi connectivity index (χ2v) is 6.86. The first-order valence-electron chi connectivity index (χ1n) is 9.06. The van der Waals surface area contributed by atoms with E-state index in [-0.39, 0.29) is 11.8 Å². The van der Waals surface area contributed by atoms with Gasteiger partial charge in [0.1, 0.15) is 5.82 Å². The first-order chi connectivity index (χ1) is 12.7. The highest BCUT2D eigenvalue weighted by atomic mass is 16.5. The zero-order chi connectivity index (χ0) is 17.9. The predicted molar refractivity (Wildman–Crippen MR) is 101 cm³/mol. The predicted octanol–water partition coefficient (Wildman–Crippen LogP) is 3.73.